The van der Waals surface area contributed by atoms with Crippen LogP contribution in [0.1, 0.15) is 20.3 Å². The van der Waals surface area contributed by atoms with Crippen LogP contribution in [0.4, 0.5) is 8.78 Å². The zero-order valence-corrected chi connectivity index (χ0v) is 7.44. The first-order valence-electron chi connectivity index (χ1n) is 4.14. The van der Waals surface area contributed by atoms with E-state index in [9.17, 15) is 8.78 Å². The summed E-state index contributed by atoms with van der Waals surface area (Å²) in [5.74, 6) is 0. The first kappa shape index (κ1) is 9.86. The van der Waals surface area contributed by atoms with E-state index in [-0.39, 0.29) is 18.1 Å². The Morgan fingerprint density at radius 2 is 2.25 bits per heavy atom. The summed E-state index contributed by atoms with van der Waals surface area (Å²) in [6.07, 6.45) is -2.75. The minimum Gasteiger partial charge on any atom is -0.375 e. The molecule has 1 saturated heterocycles. The number of morpholine rings is 1. The molecule has 4 heteroatoms. The topological polar surface area (TPSA) is 21.3 Å². The number of hydrogen-bond acceptors (Lipinski definition) is 2. The van der Waals surface area contributed by atoms with E-state index in [0.717, 1.165) is 0 Å². The number of alkyl halides is 2. The van der Waals surface area contributed by atoms with Crippen LogP contribution in [0.25, 0.3) is 0 Å². The smallest absolute Gasteiger partial charge is 0.241 e. The standard InChI is InChI=1S/C8H15F2NO/c1-8(2)5-12-6(4-11-8)3-7(9)10/h6-7,11H,3-5H2,1-2H3. The third-order valence-electron chi connectivity index (χ3n) is 1.93. The number of halogens is 2. The molecule has 0 bridgehead atoms. The number of ether oxygens (including phenoxy) is 1. The fourth-order valence-electron chi connectivity index (χ4n) is 1.18. The Balaban J connectivity index is 2.27. The minimum atomic E-state index is -2.27. The second-order valence-corrected chi connectivity index (χ2v) is 3.82. The van der Waals surface area contributed by atoms with E-state index in [4.69, 9.17) is 4.74 Å². The van der Waals surface area contributed by atoms with Crippen molar-refractivity contribution in [2.24, 2.45) is 0 Å². The van der Waals surface area contributed by atoms with E-state index in [0.29, 0.717) is 13.2 Å². The second kappa shape index (κ2) is 3.66. The summed E-state index contributed by atoms with van der Waals surface area (Å²) in [5, 5.41) is 3.16. The molecule has 0 amide bonds. The van der Waals surface area contributed by atoms with E-state index in [1.165, 1.54) is 0 Å². The molecule has 1 aliphatic heterocycles. The average molecular weight is 179 g/mol. The van der Waals surface area contributed by atoms with Gasteiger partial charge in [0.25, 0.3) is 0 Å². The minimum absolute atomic E-state index is 0.0708. The summed E-state index contributed by atoms with van der Waals surface area (Å²) >= 11 is 0. The highest BCUT2D eigenvalue weighted by Gasteiger charge is 2.28. The molecule has 72 valence electrons. The van der Waals surface area contributed by atoms with Gasteiger partial charge in [-0.05, 0) is 13.8 Å². The van der Waals surface area contributed by atoms with Crippen LogP contribution >= 0.6 is 0 Å². The first-order chi connectivity index (χ1) is 5.49. The third-order valence-corrected chi connectivity index (χ3v) is 1.93. The van der Waals surface area contributed by atoms with Crippen molar-refractivity contribution in [1.29, 1.82) is 0 Å². The molecule has 1 heterocycles. The summed E-state index contributed by atoms with van der Waals surface area (Å²) in [5.41, 5.74) is -0.0708. The van der Waals surface area contributed by atoms with Crippen LogP contribution in [-0.4, -0.2) is 31.2 Å². The Bertz CT molecular complexity index is 140. The number of hydrogen-bond donors (Lipinski definition) is 1. The lowest BCUT2D eigenvalue weighted by Gasteiger charge is -2.35. The van der Waals surface area contributed by atoms with Gasteiger partial charge in [-0.3, -0.25) is 0 Å². The van der Waals surface area contributed by atoms with Crippen molar-refractivity contribution in [1.82, 2.24) is 5.32 Å². The average Bonchev–Trinajstić information content (AvgIpc) is 1.93. The van der Waals surface area contributed by atoms with Crippen molar-refractivity contribution in [3.8, 4) is 0 Å². The third kappa shape index (κ3) is 3.03. The Labute approximate surface area is 71.3 Å². The molecule has 1 aliphatic rings. The fourth-order valence-corrected chi connectivity index (χ4v) is 1.18. The lowest BCUT2D eigenvalue weighted by atomic mass is 10.0. The summed E-state index contributed by atoms with van der Waals surface area (Å²) in [7, 11) is 0. The lowest BCUT2D eigenvalue weighted by Crippen LogP contribution is -2.53. The highest BCUT2D eigenvalue weighted by Crippen LogP contribution is 2.15. The van der Waals surface area contributed by atoms with Crippen LogP contribution in [0.2, 0.25) is 0 Å². The van der Waals surface area contributed by atoms with Crippen LogP contribution in [0.3, 0.4) is 0 Å². The Morgan fingerprint density at radius 3 is 2.67 bits per heavy atom. The van der Waals surface area contributed by atoms with Crippen LogP contribution in [0.5, 0.6) is 0 Å². The molecule has 1 N–H and O–H groups in total. The molecule has 0 aromatic heterocycles. The molecule has 0 spiro atoms. The Kier molecular flexibility index (Phi) is 3.01. The van der Waals surface area contributed by atoms with E-state index in [2.05, 4.69) is 5.32 Å². The van der Waals surface area contributed by atoms with Crippen LogP contribution < -0.4 is 5.32 Å². The molecule has 2 nitrogen and oxygen atoms in total. The molecular weight excluding hydrogens is 164 g/mol. The fraction of sp³-hybridized carbons (Fsp3) is 1.00. The summed E-state index contributed by atoms with van der Waals surface area (Å²) in [6.45, 7) is 5.01. The van der Waals surface area contributed by atoms with E-state index in [1.54, 1.807) is 0 Å². The van der Waals surface area contributed by atoms with Gasteiger partial charge in [-0.1, -0.05) is 0 Å². The summed E-state index contributed by atoms with van der Waals surface area (Å²) in [6, 6.07) is 0. The van der Waals surface area contributed by atoms with Crippen molar-refractivity contribution >= 4 is 0 Å². The maximum Gasteiger partial charge on any atom is 0.241 e. The quantitative estimate of drug-likeness (QED) is 0.692. The van der Waals surface area contributed by atoms with Crippen molar-refractivity contribution in [3.63, 3.8) is 0 Å². The summed E-state index contributed by atoms with van der Waals surface area (Å²) < 4.78 is 29.1. The maximum absolute atomic E-state index is 11.9. The summed E-state index contributed by atoms with van der Waals surface area (Å²) in [4.78, 5) is 0. The van der Waals surface area contributed by atoms with E-state index in [1.807, 2.05) is 13.8 Å². The van der Waals surface area contributed by atoms with Gasteiger partial charge < -0.3 is 10.1 Å². The normalized spacial score (nSPS) is 29.2. The molecule has 1 atom stereocenters. The molecule has 0 aromatic rings. The van der Waals surface area contributed by atoms with Crippen molar-refractivity contribution in [2.75, 3.05) is 13.2 Å². The lowest BCUT2D eigenvalue weighted by molar-refractivity contribution is -0.0489. The van der Waals surface area contributed by atoms with Crippen LogP contribution in [0, 0.1) is 0 Å². The highest BCUT2D eigenvalue weighted by atomic mass is 19.3. The highest BCUT2D eigenvalue weighted by molar-refractivity contribution is 4.83. The number of rotatable bonds is 2. The molecule has 0 aliphatic carbocycles. The zero-order valence-electron chi connectivity index (χ0n) is 7.44. The van der Waals surface area contributed by atoms with Gasteiger partial charge in [0.05, 0.1) is 12.7 Å². The largest absolute Gasteiger partial charge is 0.375 e. The molecule has 0 aromatic carbocycles. The molecule has 1 fully saturated rings. The van der Waals surface area contributed by atoms with Gasteiger partial charge >= 0.3 is 0 Å². The molecule has 0 radical (unpaired) electrons. The van der Waals surface area contributed by atoms with Gasteiger partial charge in [-0.2, -0.15) is 0 Å². The van der Waals surface area contributed by atoms with Gasteiger partial charge in [0, 0.05) is 18.5 Å². The predicted molar refractivity (Wildman–Crippen MR) is 42.4 cm³/mol. The van der Waals surface area contributed by atoms with Crippen molar-refractivity contribution in [2.45, 2.75) is 38.3 Å². The molecule has 12 heavy (non-hydrogen) atoms. The van der Waals surface area contributed by atoms with Crippen LogP contribution in [0.15, 0.2) is 0 Å². The van der Waals surface area contributed by atoms with Gasteiger partial charge in [-0.25, -0.2) is 8.78 Å². The van der Waals surface area contributed by atoms with Gasteiger partial charge in [-0.15, -0.1) is 0 Å². The molecule has 1 unspecified atom stereocenters. The molecule has 0 saturated carbocycles. The van der Waals surface area contributed by atoms with Crippen molar-refractivity contribution in [3.05, 3.63) is 0 Å². The maximum atomic E-state index is 11.9. The van der Waals surface area contributed by atoms with Crippen molar-refractivity contribution < 1.29 is 13.5 Å². The first-order valence-corrected chi connectivity index (χ1v) is 4.14. The van der Waals surface area contributed by atoms with E-state index >= 15 is 0 Å². The van der Waals surface area contributed by atoms with Gasteiger partial charge in [0.15, 0.2) is 0 Å². The monoisotopic (exact) mass is 179 g/mol. The van der Waals surface area contributed by atoms with Gasteiger partial charge in [0.1, 0.15) is 0 Å². The predicted octanol–water partition coefficient (Wildman–Crippen LogP) is 1.41. The SMILES string of the molecule is CC1(C)COC(CC(F)F)CN1. The van der Waals surface area contributed by atoms with Crippen LogP contribution in [-0.2, 0) is 4.74 Å². The van der Waals surface area contributed by atoms with E-state index < -0.39 is 6.43 Å². The second-order valence-electron chi connectivity index (χ2n) is 3.82. The molecular formula is C8H15F2NO. The zero-order chi connectivity index (χ0) is 9.19. The van der Waals surface area contributed by atoms with Gasteiger partial charge in [0.2, 0.25) is 6.43 Å². The molecule has 1 rings (SSSR count). The number of nitrogens with one attached hydrogen (secondary N) is 1. The Morgan fingerprint density at radius 1 is 1.58 bits per heavy atom. The Hall–Kier alpha value is -0.220.